The van der Waals surface area contributed by atoms with Gasteiger partial charge in [0, 0.05) is 6.54 Å². The standard InChI is InChI=1S/C14H19NO2/c1-10(14(16)17)15(2)9-12-8-13(12)11-6-4-3-5-7-11/h3-7,10,12-13H,8-9H2,1-2H3,(H,16,17)/t10?,12-,13-/m0/s1. The van der Waals surface area contributed by atoms with Gasteiger partial charge in [-0.15, -0.1) is 0 Å². The maximum absolute atomic E-state index is 10.9. The van der Waals surface area contributed by atoms with Gasteiger partial charge in [-0.25, -0.2) is 0 Å². The highest BCUT2D eigenvalue weighted by atomic mass is 16.4. The van der Waals surface area contributed by atoms with Crippen molar-refractivity contribution in [1.82, 2.24) is 4.90 Å². The van der Waals surface area contributed by atoms with Crippen molar-refractivity contribution in [2.75, 3.05) is 13.6 Å². The Morgan fingerprint density at radius 2 is 2.12 bits per heavy atom. The Hall–Kier alpha value is -1.35. The van der Waals surface area contributed by atoms with Crippen molar-refractivity contribution >= 4 is 5.97 Å². The van der Waals surface area contributed by atoms with Gasteiger partial charge in [0.25, 0.3) is 0 Å². The summed E-state index contributed by atoms with van der Waals surface area (Å²) in [5, 5.41) is 8.93. The fourth-order valence-corrected chi connectivity index (χ4v) is 2.27. The summed E-state index contributed by atoms with van der Waals surface area (Å²) in [6, 6.07) is 10.1. The van der Waals surface area contributed by atoms with Crippen LogP contribution in [-0.4, -0.2) is 35.6 Å². The number of carboxylic acids is 1. The van der Waals surface area contributed by atoms with Gasteiger partial charge in [-0.05, 0) is 37.8 Å². The molecule has 3 nitrogen and oxygen atoms in total. The minimum Gasteiger partial charge on any atom is -0.480 e. The van der Waals surface area contributed by atoms with Gasteiger partial charge in [0.1, 0.15) is 6.04 Å². The van der Waals surface area contributed by atoms with Gasteiger partial charge >= 0.3 is 5.97 Å². The number of likely N-dealkylation sites (N-methyl/N-ethyl adjacent to an activating group) is 1. The van der Waals surface area contributed by atoms with Crippen molar-refractivity contribution in [1.29, 1.82) is 0 Å². The van der Waals surface area contributed by atoms with Gasteiger partial charge < -0.3 is 5.11 Å². The second-order valence-electron chi connectivity index (χ2n) is 4.97. The second-order valence-corrected chi connectivity index (χ2v) is 4.97. The first-order valence-electron chi connectivity index (χ1n) is 6.07. The molecule has 0 saturated heterocycles. The molecule has 0 heterocycles. The fourth-order valence-electron chi connectivity index (χ4n) is 2.27. The maximum atomic E-state index is 10.9. The molecule has 1 fully saturated rings. The molecule has 1 unspecified atom stereocenters. The van der Waals surface area contributed by atoms with E-state index in [0.29, 0.717) is 11.8 Å². The number of hydrogen-bond donors (Lipinski definition) is 1. The topological polar surface area (TPSA) is 40.5 Å². The van der Waals surface area contributed by atoms with E-state index in [4.69, 9.17) is 5.11 Å². The summed E-state index contributed by atoms with van der Waals surface area (Å²) in [5.74, 6) is 0.494. The zero-order valence-corrected chi connectivity index (χ0v) is 10.3. The SMILES string of the molecule is CC(C(=O)O)N(C)C[C@@H]1C[C@H]1c1ccccc1. The first kappa shape index (κ1) is 12.1. The normalized spacial score (nSPS) is 24.6. The van der Waals surface area contributed by atoms with Crippen molar-refractivity contribution in [3.8, 4) is 0 Å². The molecule has 1 aliphatic carbocycles. The molecule has 0 amide bonds. The number of nitrogens with zero attached hydrogens (tertiary/aromatic N) is 1. The van der Waals surface area contributed by atoms with Gasteiger partial charge in [0.05, 0.1) is 0 Å². The molecule has 1 aromatic rings. The van der Waals surface area contributed by atoms with E-state index >= 15 is 0 Å². The average molecular weight is 233 g/mol. The van der Waals surface area contributed by atoms with Crippen molar-refractivity contribution in [2.24, 2.45) is 5.92 Å². The highest BCUT2D eigenvalue weighted by molar-refractivity contribution is 5.72. The average Bonchev–Trinajstić information content (AvgIpc) is 3.08. The van der Waals surface area contributed by atoms with Crippen molar-refractivity contribution in [3.63, 3.8) is 0 Å². The van der Waals surface area contributed by atoms with Crippen LogP contribution in [0.4, 0.5) is 0 Å². The lowest BCUT2D eigenvalue weighted by Gasteiger charge is -2.20. The molecule has 0 aliphatic heterocycles. The molecule has 0 radical (unpaired) electrons. The Balaban J connectivity index is 1.86. The third kappa shape index (κ3) is 2.86. The summed E-state index contributed by atoms with van der Waals surface area (Å²) in [6.07, 6.45) is 1.18. The molecular formula is C14H19NO2. The van der Waals surface area contributed by atoms with E-state index in [1.807, 2.05) is 18.0 Å². The van der Waals surface area contributed by atoms with E-state index in [1.165, 1.54) is 12.0 Å². The Labute approximate surface area is 102 Å². The van der Waals surface area contributed by atoms with Crippen LogP contribution in [-0.2, 0) is 4.79 Å². The smallest absolute Gasteiger partial charge is 0.320 e. The van der Waals surface area contributed by atoms with E-state index in [0.717, 1.165) is 6.54 Å². The highest BCUT2D eigenvalue weighted by Gasteiger charge is 2.39. The Morgan fingerprint density at radius 3 is 2.71 bits per heavy atom. The molecule has 1 N–H and O–H groups in total. The second kappa shape index (κ2) is 4.88. The number of benzene rings is 1. The van der Waals surface area contributed by atoms with Gasteiger partial charge in [-0.3, -0.25) is 9.69 Å². The summed E-state index contributed by atoms with van der Waals surface area (Å²) in [5.41, 5.74) is 1.38. The molecule has 3 heteroatoms. The van der Waals surface area contributed by atoms with Crippen LogP contribution in [0.3, 0.4) is 0 Å². The molecule has 1 aliphatic rings. The number of carboxylic acid groups (broad SMARTS) is 1. The van der Waals surface area contributed by atoms with E-state index in [1.54, 1.807) is 6.92 Å². The van der Waals surface area contributed by atoms with Crippen LogP contribution >= 0.6 is 0 Å². The summed E-state index contributed by atoms with van der Waals surface area (Å²) in [6.45, 7) is 2.61. The summed E-state index contributed by atoms with van der Waals surface area (Å²) in [7, 11) is 1.89. The molecule has 0 bridgehead atoms. The highest BCUT2D eigenvalue weighted by Crippen LogP contribution is 2.47. The van der Waals surface area contributed by atoms with Gasteiger partial charge in [0.15, 0.2) is 0 Å². The van der Waals surface area contributed by atoms with E-state index in [9.17, 15) is 4.79 Å². The quantitative estimate of drug-likeness (QED) is 0.847. The number of rotatable bonds is 5. The lowest BCUT2D eigenvalue weighted by atomic mass is 10.1. The van der Waals surface area contributed by atoms with E-state index in [2.05, 4.69) is 24.3 Å². The molecule has 2 rings (SSSR count). The Bertz CT molecular complexity index is 390. The first-order valence-corrected chi connectivity index (χ1v) is 6.07. The van der Waals surface area contributed by atoms with Crippen LogP contribution in [0, 0.1) is 5.92 Å². The Morgan fingerprint density at radius 1 is 1.47 bits per heavy atom. The first-order chi connectivity index (χ1) is 8.09. The largest absolute Gasteiger partial charge is 0.480 e. The summed E-state index contributed by atoms with van der Waals surface area (Å²) < 4.78 is 0. The monoisotopic (exact) mass is 233 g/mol. The van der Waals surface area contributed by atoms with Crippen LogP contribution in [0.25, 0.3) is 0 Å². The van der Waals surface area contributed by atoms with Crippen LogP contribution in [0.2, 0.25) is 0 Å². The van der Waals surface area contributed by atoms with E-state index < -0.39 is 12.0 Å². The predicted molar refractivity (Wildman–Crippen MR) is 67.0 cm³/mol. The van der Waals surface area contributed by atoms with Crippen LogP contribution in [0.15, 0.2) is 30.3 Å². The molecule has 0 spiro atoms. The third-order valence-electron chi connectivity index (χ3n) is 3.69. The fraction of sp³-hybridized carbons (Fsp3) is 0.500. The van der Waals surface area contributed by atoms with E-state index in [-0.39, 0.29) is 0 Å². The van der Waals surface area contributed by atoms with Gasteiger partial charge in [-0.1, -0.05) is 30.3 Å². The van der Waals surface area contributed by atoms with Crippen LogP contribution in [0.5, 0.6) is 0 Å². The lowest BCUT2D eigenvalue weighted by Crippen LogP contribution is -2.37. The van der Waals surface area contributed by atoms with Crippen LogP contribution in [0.1, 0.15) is 24.8 Å². The number of carbonyl (C=O) groups is 1. The van der Waals surface area contributed by atoms with Gasteiger partial charge in [0.2, 0.25) is 0 Å². The molecular weight excluding hydrogens is 214 g/mol. The number of hydrogen-bond acceptors (Lipinski definition) is 2. The summed E-state index contributed by atoms with van der Waals surface area (Å²) >= 11 is 0. The minimum atomic E-state index is -0.746. The van der Waals surface area contributed by atoms with Crippen LogP contribution < -0.4 is 0 Å². The van der Waals surface area contributed by atoms with Crippen molar-refractivity contribution in [3.05, 3.63) is 35.9 Å². The zero-order valence-electron chi connectivity index (χ0n) is 10.3. The van der Waals surface area contributed by atoms with Gasteiger partial charge in [-0.2, -0.15) is 0 Å². The molecule has 3 atom stereocenters. The summed E-state index contributed by atoms with van der Waals surface area (Å²) in [4.78, 5) is 12.8. The Kier molecular flexibility index (Phi) is 3.48. The van der Waals surface area contributed by atoms with Crippen molar-refractivity contribution < 1.29 is 9.90 Å². The predicted octanol–water partition coefficient (Wildman–Crippen LogP) is 2.20. The van der Waals surface area contributed by atoms with Crippen molar-refractivity contribution in [2.45, 2.75) is 25.3 Å². The lowest BCUT2D eigenvalue weighted by molar-refractivity contribution is -0.142. The maximum Gasteiger partial charge on any atom is 0.320 e. The molecule has 0 aromatic heterocycles. The zero-order chi connectivity index (χ0) is 12.4. The molecule has 1 saturated carbocycles. The third-order valence-corrected chi connectivity index (χ3v) is 3.69. The number of aliphatic carboxylic acids is 1. The molecule has 17 heavy (non-hydrogen) atoms. The molecule has 1 aromatic carbocycles. The molecule has 92 valence electrons. The minimum absolute atomic E-state index is 0.396.